The van der Waals surface area contributed by atoms with Crippen LogP contribution in [0.25, 0.3) is 0 Å². The van der Waals surface area contributed by atoms with E-state index in [4.69, 9.17) is 10.5 Å². The molecule has 4 nitrogen and oxygen atoms in total. The average molecular weight is 249 g/mol. The molecule has 0 bridgehead atoms. The predicted molar refractivity (Wildman–Crippen MR) is 72.1 cm³/mol. The zero-order valence-corrected chi connectivity index (χ0v) is 11.1. The summed E-state index contributed by atoms with van der Waals surface area (Å²) in [7, 11) is 0. The highest BCUT2D eigenvalue weighted by molar-refractivity contribution is 5.11. The molecule has 0 radical (unpaired) electrons. The molecule has 18 heavy (non-hydrogen) atoms. The Kier molecular flexibility index (Phi) is 5.11. The summed E-state index contributed by atoms with van der Waals surface area (Å²) in [6.45, 7) is 6.51. The normalized spacial score (nSPS) is 19.6. The maximum atomic E-state index is 5.69. The number of rotatable bonds is 6. The van der Waals surface area contributed by atoms with Gasteiger partial charge in [-0.05, 0) is 31.5 Å². The number of hydrogen-bond acceptors (Lipinski definition) is 4. The minimum atomic E-state index is 0.405. The van der Waals surface area contributed by atoms with Gasteiger partial charge in [0.05, 0.1) is 17.5 Å². The van der Waals surface area contributed by atoms with Crippen molar-refractivity contribution < 1.29 is 4.74 Å². The van der Waals surface area contributed by atoms with Crippen LogP contribution in [-0.2, 0) is 17.8 Å². The molecule has 1 aromatic rings. The number of aromatic nitrogens is 1. The molecule has 0 aliphatic carbocycles. The van der Waals surface area contributed by atoms with Gasteiger partial charge in [0.15, 0.2) is 0 Å². The van der Waals surface area contributed by atoms with Gasteiger partial charge in [-0.2, -0.15) is 0 Å². The monoisotopic (exact) mass is 249 g/mol. The zero-order valence-electron chi connectivity index (χ0n) is 11.1. The molecule has 0 spiro atoms. The van der Waals surface area contributed by atoms with E-state index in [1.807, 2.05) is 12.1 Å². The van der Waals surface area contributed by atoms with Gasteiger partial charge in [-0.3, -0.25) is 9.88 Å². The highest BCUT2D eigenvalue weighted by Crippen LogP contribution is 2.14. The summed E-state index contributed by atoms with van der Waals surface area (Å²) in [6, 6.07) is 6.07. The van der Waals surface area contributed by atoms with Gasteiger partial charge in [-0.25, -0.2) is 0 Å². The maximum Gasteiger partial charge on any atom is 0.0702 e. The summed E-state index contributed by atoms with van der Waals surface area (Å²) in [6.07, 6.45) is 2.79. The SMILES string of the molecule is CCN(Cc1cccc(CN)n1)CC1CCCO1. The van der Waals surface area contributed by atoms with Crippen LogP contribution >= 0.6 is 0 Å². The molecule has 1 fully saturated rings. The fourth-order valence-electron chi connectivity index (χ4n) is 2.34. The first-order valence-corrected chi connectivity index (χ1v) is 6.80. The van der Waals surface area contributed by atoms with Gasteiger partial charge >= 0.3 is 0 Å². The molecular weight excluding hydrogens is 226 g/mol. The first-order valence-electron chi connectivity index (χ1n) is 6.80. The van der Waals surface area contributed by atoms with Crippen molar-refractivity contribution in [2.45, 2.75) is 39.0 Å². The third-order valence-corrected chi connectivity index (χ3v) is 3.39. The second-order valence-electron chi connectivity index (χ2n) is 4.79. The van der Waals surface area contributed by atoms with E-state index >= 15 is 0 Å². The summed E-state index contributed by atoms with van der Waals surface area (Å²) in [4.78, 5) is 6.93. The van der Waals surface area contributed by atoms with Gasteiger partial charge in [0.25, 0.3) is 0 Å². The van der Waals surface area contributed by atoms with Gasteiger partial charge in [-0.1, -0.05) is 13.0 Å². The second kappa shape index (κ2) is 6.83. The Bertz CT molecular complexity index is 364. The van der Waals surface area contributed by atoms with Crippen LogP contribution in [0.3, 0.4) is 0 Å². The Hall–Kier alpha value is -0.970. The standard InChI is InChI=1S/C14H23N3O/c1-2-17(11-14-7-4-8-18-14)10-13-6-3-5-12(9-15)16-13/h3,5-6,14H,2,4,7-11,15H2,1H3. The third kappa shape index (κ3) is 3.77. The Morgan fingerprint density at radius 2 is 2.28 bits per heavy atom. The van der Waals surface area contributed by atoms with Crippen LogP contribution in [-0.4, -0.2) is 35.7 Å². The van der Waals surface area contributed by atoms with Gasteiger partial charge in [0.2, 0.25) is 0 Å². The molecular formula is C14H23N3O. The number of nitrogens with zero attached hydrogens (tertiary/aromatic N) is 2. The van der Waals surface area contributed by atoms with Crippen molar-refractivity contribution in [1.82, 2.24) is 9.88 Å². The van der Waals surface area contributed by atoms with E-state index in [1.165, 1.54) is 12.8 Å². The van der Waals surface area contributed by atoms with E-state index in [0.29, 0.717) is 12.6 Å². The van der Waals surface area contributed by atoms with E-state index in [0.717, 1.165) is 37.6 Å². The topological polar surface area (TPSA) is 51.4 Å². The molecule has 1 saturated heterocycles. The molecule has 1 atom stereocenters. The summed E-state index contributed by atoms with van der Waals surface area (Å²) in [5.41, 5.74) is 7.67. The average Bonchev–Trinajstić information content (AvgIpc) is 2.91. The van der Waals surface area contributed by atoms with Crippen LogP contribution in [0.15, 0.2) is 18.2 Å². The molecule has 0 aromatic carbocycles. The van der Waals surface area contributed by atoms with Crippen LogP contribution in [0.4, 0.5) is 0 Å². The zero-order chi connectivity index (χ0) is 12.8. The first-order chi connectivity index (χ1) is 8.81. The van der Waals surface area contributed by atoms with Crippen molar-refractivity contribution in [3.8, 4) is 0 Å². The molecule has 1 aromatic heterocycles. The predicted octanol–water partition coefficient (Wildman–Crippen LogP) is 1.54. The largest absolute Gasteiger partial charge is 0.377 e. The second-order valence-corrected chi connectivity index (χ2v) is 4.79. The lowest BCUT2D eigenvalue weighted by atomic mass is 10.2. The quantitative estimate of drug-likeness (QED) is 0.831. The van der Waals surface area contributed by atoms with Gasteiger partial charge < -0.3 is 10.5 Å². The van der Waals surface area contributed by atoms with Crippen LogP contribution in [0.5, 0.6) is 0 Å². The number of pyridine rings is 1. The van der Waals surface area contributed by atoms with E-state index in [1.54, 1.807) is 0 Å². The molecule has 2 rings (SSSR count). The number of nitrogens with two attached hydrogens (primary N) is 1. The number of ether oxygens (including phenoxy) is 1. The van der Waals surface area contributed by atoms with E-state index in [9.17, 15) is 0 Å². The van der Waals surface area contributed by atoms with E-state index in [2.05, 4.69) is 22.9 Å². The lowest BCUT2D eigenvalue weighted by molar-refractivity contribution is 0.0721. The molecule has 100 valence electrons. The minimum Gasteiger partial charge on any atom is -0.377 e. The summed E-state index contributed by atoms with van der Waals surface area (Å²) in [5.74, 6) is 0. The number of likely N-dealkylation sites (N-methyl/N-ethyl adjacent to an activating group) is 1. The van der Waals surface area contributed by atoms with Crippen LogP contribution in [0.2, 0.25) is 0 Å². The summed E-state index contributed by atoms with van der Waals surface area (Å²) in [5, 5.41) is 0. The van der Waals surface area contributed by atoms with Gasteiger partial charge in [0, 0.05) is 26.2 Å². The molecule has 0 saturated carbocycles. The van der Waals surface area contributed by atoms with Crippen LogP contribution < -0.4 is 5.73 Å². The van der Waals surface area contributed by atoms with Crippen molar-refractivity contribution in [2.75, 3.05) is 19.7 Å². The Labute approximate surface area is 109 Å². The molecule has 0 amide bonds. The smallest absolute Gasteiger partial charge is 0.0702 e. The highest BCUT2D eigenvalue weighted by atomic mass is 16.5. The van der Waals surface area contributed by atoms with E-state index < -0.39 is 0 Å². The first kappa shape index (κ1) is 13.5. The van der Waals surface area contributed by atoms with Crippen molar-refractivity contribution in [2.24, 2.45) is 5.73 Å². The lowest BCUT2D eigenvalue weighted by Crippen LogP contribution is -2.32. The van der Waals surface area contributed by atoms with E-state index in [-0.39, 0.29) is 0 Å². The Morgan fingerprint density at radius 1 is 1.44 bits per heavy atom. The fourth-order valence-corrected chi connectivity index (χ4v) is 2.34. The van der Waals surface area contributed by atoms with Crippen molar-refractivity contribution in [3.63, 3.8) is 0 Å². The van der Waals surface area contributed by atoms with Gasteiger partial charge in [-0.15, -0.1) is 0 Å². The van der Waals surface area contributed by atoms with Crippen LogP contribution in [0.1, 0.15) is 31.2 Å². The molecule has 4 heteroatoms. The van der Waals surface area contributed by atoms with Crippen molar-refractivity contribution in [3.05, 3.63) is 29.6 Å². The van der Waals surface area contributed by atoms with Gasteiger partial charge in [0.1, 0.15) is 0 Å². The molecule has 1 unspecified atom stereocenters. The van der Waals surface area contributed by atoms with Crippen LogP contribution in [0, 0.1) is 0 Å². The Morgan fingerprint density at radius 3 is 2.94 bits per heavy atom. The summed E-state index contributed by atoms with van der Waals surface area (Å²) < 4.78 is 5.69. The van der Waals surface area contributed by atoms with Crippen molar-refractivity contribution >= 4 is 0 Å². The maximum absolute atomic E-state index is 5.69. The molecule has 2 N–H and O–H groups in total. The number of hydrogen-bond donors (Lipinski definition) is 1. The fraction of sp³-hybridized carbons (Fsp3) is 0.643. The molecule has 2 heterocycles. The minimum absolute atomic E-state index is 0.405. The molecule has 1 aliphatic heterocycles. The van der Waals surface area contributed by atoms with Crippen molar-refractivity contribution in [1.29, 1.82) is 0 Å². The molecule has 1 aliphatic rings. The third-order valence-electron chi connectivity index (χ3n) is 3.39. The lowest BCUT2D eigenvalue weighted by Gasteiger charge is -2.23. The Balaban J connectivity index is 1.91. The highest BCUT2D eigenvalue weighted by Gasteiger charge is 2.18. The summed E-state index contributed by atoms with van der Waals surface area (Å²) >= 11 is 0.